The minimum Gasteiger partial charge on any atom is -0.507 e. The van der Waals surface area contributed by atoms with Gasteiger partial charge in [0.2, 0.25) is 0 Å². The lowest BCUT2D eigenvalue weighted by atomic mass is 9.95. The van der Waals surface area contributed by atoms with Crippen molar-refractivity contribution in [3.63, 3.8) is 0 Å². The zero-order valence-corrected chi connectivity index (χ0v) is 21.7. The number of hydrogen-bond donors (Lipinski definition) is 1. The molecule has 1 amide bonds. The predicted octanol–water partition coefficient (Wildman–Crippen LogP) is 6.44. The molecule has 0 spiro atoms. The quantitative estimate of drug-likeness (QED) is 0.208. The van der Waals surface area contributed by atoms with Crippen molar-refractivity contribution >= 4 is 23.1 Å². The molecule has 0 bridgehead atoms. The number of carbonyl (C=O) groups excluding carboxylic acids is 2. The molecule has 1 fully saturated rings. The van der Waals surface area contributed by atoms with Gasteiger partial charge in [0.1, 0.15) is 17.3 Å². The van der Waals surface area contributed by atoms with E-state index in [0.717, 1.165) is 12.0 Å². The highest BCUT2D eigenvalue weighted by Crippen LogP contribution is 2.42. The normalized spacial score (nSPS) is 16.9. The zero-order chi connectivity index (χ0) is 26.5. The third-order valence-electron chi connectivity index (χ3n) is 6.12. The number of ketones is 1. The van der Waals surface area contributed by atoms with E-state index in [9.17, 15) is 14.7 Å². The van der Waals surface area contributed by atoms with Crippen molar-refractivity contribution in [3.05, 3.63) is 95.1 Å². The van der Waals surface area contributed by atoms with E-state index >= 15 is 0 Å². The monoisotopic (exact) mass is 499 g/mol. The fourth-order valence-corrected chi connectivity index (χ4v) is 4.24. The first kappa shape index (κ1) is 26.0. The van der Waals surface area contributed by atoms with Gasteiger partial charge in [0.25, 0.3) is 11.7 Å². The number of hydrogen-bond acceptors (Lipinski definition) is 5. The van der Waals surface area contributed by atoms with Gasteiger partial charge in [0.15, 0.2) is 0 Å². The van der Waals surface area contributed by atoms with Crippen molar-refractivity contribution < 1.29 is 24.2 Å². The summed E-state index contributed by atoms with van der Waals surface area (Å²) in [6.07, 6.45) is 0.842. The molecule has 1 aliphatic heterocycles. The number of amides is 1. The first-order chi connectivity index (χ1) is 17.8. The van der Waals surface area contributed by atoms with Gasteiger partial charge in [-0.3, -0.25) is 14.5 Å². The molecule has 1 N–H and O–H groups in total. The Morgan fingerprint density at radius 2 is 1.65 bits per heavy atom. The van der Waals surface area contributed by atoms with E-state index in [0.29, 0.717) is 47.4 Å². The summed E-state index contributed by atoms with van der Waals surface area (Å²) in [5.74, 6) is 0.00905. The van der Waals surface area contributed by atoms with Crippen LogP contribution in [0.3, 0.4) is 0 Å². The van der Waals surface area contributed by atoms with Crippen LogP contribution in [0.25, 0.3) is 5.76 Å². The first-order valence-electron chi connectivity index (χ1n) is 12.6. The summed E-state index contributed by atoms with van der Waals surface area (Å²) in [5.41, 5.74) is 2.76. The summed E-state index contributed by atoms with van der Waals surface area (Å²) in [6, 6.07) is 20.9. The lowest BCUT2D eigenvalue weighted by Crippen LogP contribution is -2.29. The molecular formula is C31H33NO5. The van der Waals surface area contributed by atoms with Gasteiger partial charge < -0.3 is 14.6 Å². The Labute approximate surface area is 218 Å². The van der Waals surface area contributed by atoms with Crippen molar-refractivity contribution in [2.75, 3.05) is 18.1 Å². The lowest BCUT2D eigenvalue weighted by Gasteiger charge is -2.26. The van der Waals surface area contributed by atoms with Gasteiger partial charge in [-0.05, 0) is 61.2 Å². The number of nitrogens with zero attached hydrogens (tertiary/aromatic N) is 1. The minimum atomic E-state index is -0.804. The van der Waals surface area contributed by atoms with Gasteiger partial charge in [-0.25, -0.2) is 0 Å². The average molecular weight is 500 g/mol. The van der Waals surface area contributed by atoms with E-state index in [2.05, 4.69) is 13.8 Å². The van der Waals surface area contributed by atoms with E-state index in [1.807, 2.05) is 62.4 Å². The van der Waals surface area contributed by atoms with E-state index < -0.39 is 17.7 Å². The molecule has 6 heteroatoms. The Hall–Kier alpha value is -4.06. The fourth-order valence-electron chi connectivity index (χ4n) is 4.24. The van der Waals surface area contributed by atoms with Gasteiger partial charge in [-0.2, -0.15) is 0 Å². The standard InChI is InChI=1S/C31H33NO5/c1-5-17-36-26-8-6-7-23(18-26)29(33)27-28(22-11-15-25(16-12-22)37-19-20(2)3)32(31(35)30(27)34)24-13-9-21(4)10-14-24/h6-16,18,20,28,33H,5,17,19H2,1-4H3/b29-27-. The van der Waals surface area contributed by atoms with Crippen LogP contribution in [-0.2, 0) is 9.59 Å². The highest BCUT2D eigenvalue weighted by molar-refractivity contribution is 6.51. The number of aliphatic hydroxyl groups excluding tert-OH is 1. The van der Waals surface area contributed by atoms with Crippen LogP contribution in [0.1, 0.15) is 49.9 Å². The molecule has 6 nitrogen and oxygen atoms in total. The third kappa shape index (κ3) is 5.69. The maximum Gasteiger partial charge on any atom is 0.300 e. The Balaban J connectivity index is 1.82. The molecule has 37 heavy (non-hydrogen) atoms. The second-order valence-electron chi connectivity index (χ2n) is 9.65. The molecule has 4 rings (SSSR count). The number of Topliss-reactive ketones (excluding diaryl/α,β-unsaturated/α-hetero) is 1. The Morgan fingerprint density at radius 3 is 2.30 bits per heavy atom. The first-order valence-corrected chi connectivity index (χ1v) is 12.6. The van der Waals surface area contributed by atoms with Crippen LogP contribution in [0.2, 0.25) is 0 Å². The number of anilines is 1. The fraction of sp³-hybridized carbons (Fsp3) is 0.290. The second kappa shape index (κ2) is 11.3. The van der Waals surface area contributed by atoms with Crippen LogP contribution in [0.5, 0.6) is 11.5 Å². The summed E-state index contributed by atoms with van der Waals surface area (Å²) in [5, 5.41) is 11.4. The minimum absolute atomic E-state index is 0.0362. The van der Waals surface area contributed by atoms with Crippen LogP contribution in [0, 0.1) is 12.8 Å². The van der Waals surface area contributed by atoms with Crippen molar-refractivity contribution in [2.45, 2.75) is 40.2 Å². The zero-order valence-electron chi connectivity index (χ0n) is 21.7. The number of carbonyl (C=O) groups is 2. The van der Waals surface area contributed by atoms with Crippen molar-refractivity contribution in [1.29, 1.82) is 0 Å². The molecule has 1 aliphatic rings. The van der Waals surface area contributed by atoms with Gasteiger partial charge in [-0.1, -0.05) is 62.7 Å². The summed E-state index contributed by atoms with van der Waals surface area (Å²) in [6.45, 7) is 9.23. The van der Waals surface area contributed by atoms with E-state index in [1.54, 1.807) is 24.3 Å². The molecular weight excluding hydrogens is 466 g/mol. The molecule has 0 aliphatic carbocycles. The highest BCUT2D eigenvalue weighted by Gasteiger charge is 2.47. The second-order valence-corrected chi connectivity index (χ2v) is 9.65. The van der Waals surface area contributed by atoms with E-state index in [1.165, 1.54) is 4.90 Å². The van der Waals surface area contributed by atoms with Gasteiger partial charge in [0, 0.05) is 11.3 Å². The summed E-state index contributed by atoms with van der Waals surface area (Å²) >= 11 is 0. The van der Waals surface area contributed by atoms with Crippen LogP contribution < -0.4 is 14.4 Å². The molecule has 1 unspecified atom stereocenters. The topological polar surface area (TPSA) is 76.1 Å². The number of benzene rings is 3. The molecule has 0 radical (unpaired) electrons. The van der Waals surface area contributed by atoms with Gasteiger partial charge >= 0.3 is 0 Å². The molecule has 0 saturated carbocycles. The smallest absolute Gasteiger partial charge is 0.300 e. The summed E-state index contributed by atoms with van der Waals surface area (Å²) < 4.78 is 11.5. The molecule has 1 saturated heterocycles. The number of rotatable bonds is 9. The van der Waals surface area contributed by atoms with E-state index in [-0.39, 0.29) is 11.3 Å². The lowest BCUT2D eigenvalue weighted by molar-refractivity contribution is -0.132. The Kier molecular flexibility index (Phi) is 7.97. The number of aliphatic hydroxyl groups is 1. The summed E-state index contributed by atoms with van der Waals surface area (Å²) in [7, 11) is 0. The number of aryl methyl sites for hydroxylation is 1. The molecule has 3 aromatic rings. The molecule has 1 atom stereocenters. The van der Waals surface area contributed by atoms with Crippen LogP contribution in [0.15, 0.2) is 78.4 Å². The Morgan fingerprint density at radius 1 is 0.946 bits per heavy atom. The molecule has 1 heterocycles. The SMILES string of the molecule is CCCOc1cccc(/C(O)=C2/C(=O)C(=O)N(c3ccc(C)cc3)C2c2ccc(OCC(C)C)cc2)c1. The van der Waals surface area contributed by atoms with Gasteiger partial charge in [-0.15, -0.1) is 0 Å². The predicted molar refractivity (Wildman–Crippen MR) is 145 cm³/mol. The average Bonchev–Trinajstić information content (AvgIpc) is 3.17. The molecule has 3 aromatic carbocycles. The van der Waals surface area contributed by atoms with Crippen molar-refractivity contribution in [2.24, 2.45) is 5.92 Å². The Bertz CT molecular complexity index is 1290. The molecule has 0 aromatic heterocycles. The van der Waals surface area contributed by atoms with Crippen LogP contribution in [-0.4, -0.2) is 30.0 Å². The maximum atomic E-state index is 13.4. The van der Waals surface area contributed by atoms with Crippen molar-refractivity contribution in [3.8, 4) is 11.5 Å². The van der Waals surface area contributed by atoms with Crippen LogP contribution >= 0.6 is 0 Å². The maximum absolute atomic E-state index is 13.4. The van der Waals surface area contributed by atoms with Gasteiger partial charge in [0.05, 0.1) is 24.8 Å². The van der Waals surface area contributed by atoms with Crippen LogP contribution in [0.4, 0.5) is 5.69 Å². The third-order valence-corrected chi connectivity index (χ3v) is 6.12. The highest BCUT2D eigenvalue weighted by atomic mass is 16.5. The van der Waals surface area contributed by atoms with E-state index in [4.69, 9.17) is 9.47 Å². The molecule has 192 valence electrons. The number of ether oxygens (including phenoxy) is 2. The largest absolute Gasteiger partial charge is 0.507 e. The van der Waals surface area contributed by atoms with Crippen molar-refractivity contribution in [1.82, 2.24) is 0 Å². The summed E-state index contributed by atoms with van der Waals surface area (Å²) in [4.78, 5) is 28.2.